The van der Waals surface area contributed by atoms with Gasteiger partial charge in [0, 0.05) is 19.2 Å². The van der Waals surface area contributed by atoms with Gasteiger partial charge in [-0.2, -0.15) is 17.5 Å². The Balaban J connectivity index is 0.000000642. The topological polar surface area (TPSA) is 110 Å². The molecule has 1 atom stereocenters. The standard InChI is InChI=1S/C12H22O5S.C5H5NO2/c1-2-3-4-5-6-7-8-16-17-12(15)10(18)9-11(13)14;1-6-4(7)2-3-5(6)8/h10,18H,2-9H2,1H3,(H,13,14);2-3H,1H3. The third-order valence-electron chi connectivity index (χ3n) is 3.39. The first kappa shape index (κ1) is 24.1. The monoisotopic (exact) mass is 389 g/mol. The zero-order valence-electron chi connectivity index (χ0n) is 15.2. The molecule has 1 heterocycles. The number of imide groups is 1. The molecule has 8 nitrogen and oxygen atoms in total. The maximum atomic E-state index is 11.2. The van der Waals surface area contributed by atoms with Crippen LogP contribution in [0.1, 0.15) is 51.9 Å². The fourth-order valence-electron chi connectivity index (χ4n) is 1.82. The van der Waals surface area contributed by atoms with E-state index in [-0.39, 0.29) is 18.2 Å². The molecule has 0 aromatic heterocycles. The van der Waals surface area contributed by atoms with Crippen molar-refractivity contribution in [2.75, 3.05) is 13.7 Å². The number of likely N-dealkylation sites (N-methyl/N-ethyl adjacent to an activating group) is 1. The van der Waals surface area contributed by atoms with Gasteiger partial charge < -0.3 is 5.11 Å². The van der Waals surface area contributed by atoms with E-state index in [0.29, 0.717) is 6.61 Å². The number of carboxylic acids is 1. The predicted octanol–water partition coefficient (Wildman–Crippen LogP) is 2.14. The smallest absolute Gasteiger partial charge is 0.355 e. The Bertz CT molecular complexity index is 489. The minimum absolute atomic E-state index is 0.241. The average Bonchev–Trinajstić information content (AvgIpc) is 2.88. The molecule has 148 valence electrons. The van der Waals surface area contributed by atoms with Crippen LogP contribution in [0, 0.1) is 0 Å². The summed E-state index contributed by atoms with van der Waals surface area (Å²) in [5.41, 5.74) is 0. The van der Waals surface area contributed by atoms with Gasteiger partial charge in [-0.25, -0.2) is 4.79 Å². The second-order valence-electron chi connectivity index (χ2n) is 5.67. The van der Waals surface area contributed by atoms with Gasteiger partial charge in [0.2, 0.25) is 0 Å². The first-order valence-corrected chi connectivity index (χ1v) is 9.04. The Kier molecular flexibility index (Phi) is 13.3. The molecule has 1 unspecified atom stereocenters. The number of nitrogens with zero attached hydrogens (tertiary/aromatic N) is 1. The molecule has 0 aromatic carbocycles. The maximum Gasteiger partial charge on any atom is 0.355 e. The Morgan fingerprint density at radius 3 is 2.12 bits per heavy atom. The van der Waals surface area contributed by atoms with Crippen molar-refractivity contribution in [3.63, 3.8) is 0 Å². The molecule has 9 heteroatoms. The highest BCUT2D eigenvalue weighted by molar-refractivity contribution is 7.81. The van der Waals surface area contributed by atoms with Gasteiger partial charge in [-0.1, -0.05) is 39.0 Å². The van der Waals surface area contributed by atoms with Crippen molar-refractivity contribution in [1.82, 2.24) is 4.90 Å². The molecule has 0 saturated heterocycles. The zero-order valence-corrected chi connectivity index (χ0v) is 16.1. The van der Waals surface area contributed by atoms with E-state index in [1.165, 1.54) is 38.5 Å². The minimum atomic E-state index is -1.09. The number of amides is 2. The van der Waals surface area contributed by atoms with E-state index >= 15 is 0 Å². The van der Waals surface area contributed by atoms with Crippen molar-refractivity contribution < 1.29 is 34.1 Å². The van der Waals surface area contributed by atoms with Crippen molar-refractivity contribution in [1.29, 1.82) is 0 Å². The summed E-state index contributed by atoms with van der Waals surface area (Å²) in [7, 11) is 1.45. The van der Waals surface area contributed by atoms with Crippen LogP contribution >= 0.6 is 12.6 Å². The highest BCUT2D eigenvalue weighted by Crippen LogP contribution is 2.07. The second-order valence-corrected chi connectivity index (χ2v) is 6.30. The first-order chi connectivity index (χ1) is 12.3. The molecule has 0 aromatic rings. The van der Waals surface area contributed by atoms with Crippen molar-refractivity contribution in [2.24, 2.45) is 0 Å². The summed E-state index contributed by atoms with van der Waals surface area (Å²) in [6, 6.07) is 0. The molecule has 0 bridgehead atoms. The van der Waals surface area contributed by atoms with Crippen LogP contribution in [0.5, 0.6) is 0 Å². The number of carbonyl (C=O) groups is 4. The molecule has 0 aliphatic carbocycles. The van der Waals surface area contributed by atoms with Gasteiger partial charge in [0.05, 0.1) is 13.0 Å². The van der Waals surface area contributed by atoms with Crippen molar-refractivity contribution in [2.45, 2.75) is 57.1 Å². The minimum Gasteiger partial charge on any atom is -0.481 e. The first-order valence-electron chi connectivity index (χ1n) is 8.52. The SMILES string of the molecule is CCCCCCCCOOC(=O)C(S)CC(=O)O.CN1C(=O)C=CC1=O. The number of hydrogen-bond acceptors (Lipinski definition) is 7. The van der Waals surface area contributed by atoms with Gasteiger partial charge in [0.1, 0.15) is 5.25 Å². The summed E-state index contributed by atoms with van der Waals surface area (Å²) in [5.74, 6) is -2.33. The van der Waals surface area contributed by atoms with E-state index in [1.807, 2.05) is 0 Å². The van der Waals surface area contributed by atoms with Crippen LogP contribution in [0.2, 0.25) is 0 Å². The molecular formula is C17H27NO7S. The lowest BCUT2D eigenvalue weighted by Crippen LogP contribution is -2.24. The Hall–Kier alpha value is -1.87. The molecule has 26 heavy (non-hydrogen) atoms. The number of carbonyl (C=O) groups excluding carboxylic acids is 3. The third kappa shape index (κ3) is 11.6. The summed E-state index contributed by atoms with van der Waals surface area (Å²) in [4.78, 5) is 52.5. The van der Waals surface area contributed by atoms with E-state index in [1.54, 1.807) is 0 Å². The maximum absolute atomic E-state index is 11.2. The summed E-state index contributed by atoms with van der Waals surface area (Å²) in [5, 5.41) is 7.47. The number of unbranched alkanes of at least 4 members (excludes halogenated alkanes) is 5. The Morgan fingerprint density at radius 2 is 1.65 bits per heavy atom. The quantitative estimate of drug-likeness (QED) is 0.183. The molecule has 0 spiro atoms. The molecule has 1 aliphatic heterocycles. The fourth-order valence-corrected chi connectivity index (χ4v) is 2.02. The van der Waals surface area contributed by atoms with E-state index in [0.717, 1.165) is 24.2 Å². The lowest BCUT2D eigenvalue weighted by atomic mass is 10.1. The second kappa shape index (κ2) is 14.3. The van der Waals surface area contributed by atoms with E-state index in [9.17, 15) is 19.2 Å². The molecule has 1 rings (SSSR count). The van der Waals surface area contributed by atoms with Crippen LogP contribution in [0.25, 0.3) is 0 Å². The lowest BCUT2D eigenvalue weighted by Gasteiger charge is -2.07. The summed E-state index contributed by atoms with van der Waals surface area (Å²) < 4.78 is 0. The van der Waals surface area contributed by atoms with Gasteiger partial charge in [-0.15, -0.1) is 0 Å². The van der Waals surface area contributed by atoms with E-state index in [2.05, 4.69) is 24.4 Å². The summed E-state index contributed by atoms with van der Waals surface area (Å²) >= 11 is 3.81. The fraction of sp³-hybridized carbons (Fsp3) is 0.647. The van der Waals surface area contributed by atoms with Gasteiger partial charge in [-0.05, 0) is 6.42 Å². The highest BCUT2D eigenvalue weighted by atomic mass is 32.1. The van der Waals surface area contributed by atoms with Crippen LogP contribution in [0.3, 0.4) is 0 Å². The third-order valence-corrected chi connectivity index (χ3v) is 3.79. The van der Waals surface area contributed by atoms with Gasteiger partial charge >= 0.3 is 11.9 Å². The van der Waals surface area contributed by atoms with Crippen molar-refractivity contribution in [3.8, 4) is 0 Å². The van der Waals surface area contributed by atoms with Crippen LogP contribution in [-0.4, -0.2) is 52.7 Å². The number of thiol groups is 1. The molecule has 1 N–H and O–H groups in total. The molecule has 0 saturated carbocycles. The molecule has 2 amide bonds. The lowest BCUT2D eigenvalue weighted by molar-refractivity contribution is -0.272. The van der Waals surface area contributed by atoms with Gasteiger partial charge in [-0.3, -0.25) is 24.2 Å². The van der Waals surface area contributed by atoms with Crippen LogP contribution in [0.15, 0.2) is 12.2 Å². The summed E-state index contributed by atoms with van der Waals surface area (Å²) in [6.07, 6.45) is 8.82. The number of rotatable bonds is 11. The highest BCUT2D eigenvalue weighted by Gasteiger charge is 2.20. The normalized spacial score (nSPS) is 14.0. The van der Waals surface area contributed by atoms with Crippen molar-refractivity contribution >= 4 is 36.4 Å². The van der Waals surface area contributed by atoms with Crippen LogP contribution in [-0.2, 0) is 29.0 Å². The van der Waals surface area contributed by atoms with Crippen LogP contribution < -0.4 is 0 Å². The molecule has 1 aliphatic rings. The number of hydrogen-bond donors (Lipinski definition) is 2. The number of carboxylic acid groups (broad SMARTS) is 1. The van der Waals surface area contributed by atoms with E-state index in [4.69, 9.17) is 9.99 Å². The van der Waals surface area contributed by atoms with Crippen molar-refractivity contribution in [3.05, 3.63) is 12.2 Å². The number of aliphatic carboxylic acids is 1. The molecular weight excluding hydrogens is 362 g/mol. The molecule has 0 radical (unpaired) electrons. The molecule has 0 fully saturated rings. The Labute approximate surface area is 158 Å². The van der Waals surface area contributed by atoms with Gasteiger partial charge in [0.25, 0.3) is 11.8 Å². The van der Waals surface area contributed by atoms with E-state index < -0.39 is 17.2 Å². The predicted molar refractivity (Wildman–Crippen MR) is 97.4 cm³/mol. The Morgan fingerprint density at radius 1 is 1.12 bits per heavy atom. The largest absolute Gasteiger partial charge is 0.481 e. The average molecular weight is 389 g/mol. The van der Waals surface area contributed by atoms with Crippen LogP contribution in [0.4, 0.5) is 0 Å². The summed E-state index contributed by atoms with van der Waals surface area (Å²) in [6.45, 7) is 2.50. The van der Waals surface area contributed by atoms with Gasteiger partial charge in [0.15, 0.2) is 0 Å². The zero-order chi connectivity index (χ0) is 19.9.